The fourth-order valence-corrected chi connectivity index (χ4v) is 9.75. The van der Waals surface area contributed by atoms with Gasteiger partial charge in [-0.05, 0) is 65.2 Å². The SMILES string of the molecule is COc1ccc(CNS(=O)(=O)c2c(S(=O)(=O)C[C@H](C)N)ccc(-c3cccc4sc(N)nc34)c2-c2nnn(Cc3ccc(OC)cc3)n2)cc1. The van der Waals surface area contributed by atoms with Gasteiger partial charge in [-0.1, -0.05) is 53.8 Å². The highest BCUT2D eigenvalue weighted by Gasteiger charge is 2.35. The second-order valence-electron chi connectivity index (χ2n) is 11.4. The van der Waals surface area contributed by atoms with Gasteiger partial charge in [-0.15, -0.1) is 10.2 Å². The molecule has 0 aliphatic carbocycles. The predicted molar refractivity (Wildman–Crippen MR) is 191 cm³/mol. The number of fused-ring (bicyclic) bond motifs is 1. The molecule has 17 heteroatoms. The van der Waals surface area contributed by atoms with Crippen molar-refractivity contribution in [2.75, 3.05) is 25.7 Å². The fourth-order valence-electron chi connectivity index (χ4n) is 5.44. The molecule has 0 saturated heterocycles. The molecule has 0 aliphatic rings. The molecule has 0 spiro atoms. The van der Waals surface area contributed by atoms with Crippen molar-refractivity contribution in [1.29, 1.82) is 0 Å². The Morgan fingerprint density at radius 3 is 2.18 bits per heavy atom. The Balaban J connectivity index is 1.58. The monoisotopic (exact) mass is 734 g/mol. The van der Waals surface area contributed by atoms with E-state index in [1.165, 1.54) is 42.3 Å². The van der Waals surface area contributed by atoms with Crippen LogP contribution >= 0.6 is 11.3 Å². The molecular weight excluding hydrogens is 701 g/mol. The lowest BCUT2D eigenvalue weighted by Gasteiger charge is -2.19. The van der Waals surface area contributed by atoms with E-state index in [-0.39, 0.29) is 24.5 Å². The summed E-state index contributed by atoms with van der Waals surface area (Å²) in [5.41, 5.74) is 14.7. The minimum atomic E-state index is -4.61. The summed E-state index contributed by atoms with van der Waals surface area (Å²) in [7, 11) is -5.79. The van der Waals surface area contributed by atoms with Gasteiger partial charge in [0, 0.05) is 18.2 Å². The van der Waals surface area contributed by atoms with Crippen LogP contribution in [0.3, 0.4) is 0 Å². The Bertz CT molecular complexity index is 2380. The zero-order chi connectivity index (χ0) is 35.6. The summed E-state index contributed by atoms with van der Waals surface area (Å²) in [5, 5.41) is 13.4. The third-order valence-electron chi connectivity index (χ3n) is 7.72. The number of nitrogens with two attached hydrogens (primary N) is 2. The van der Waals surface area contributed by atoms with Crippen LogP contribution in [0.5, 0.6) is 11.5 Å². The molecule has 0 amide bonds. The number of thiazole rings is 1. The first-order chi connectivity index (χ1) is 23.9. The summed E-state index contributed by atoms with van der Waals surface area (Å²) < 4.78 is 70.7. The normalized spacial score (nSPS) is 12.6. The summed E-state index contributed by atoms with van der Waals surface area (Å²) >= 11 is 1.26. The van der Waals surface area contributed by atoms with Gasteiger partial charge in [-0.25, -0.2) is 26.5 Å². The molecule has 0 saturated carbocycles. The lowest BCUT2D eigenvalue weighted by molar-refractivity contribution is 0.414. The molecule has 0 fully saturated rings. The van der Waals surface area contributed by atoms with Gasteiger partial charge < -0.3 is 20.9 Å². The molecule has 6 rings (SSSR count). The van der Waals surface area contributed by atoms with Crippen LogP contribution < -0.4 is 25.7 Å². The number of sulfone groups is 1. The molecule has 2 aromatic heterocycles. The second kappa shape index (κ2) is 14.1. The molecule has 5 N–H and O–H groups in total. The molecule has 2 heterocycles. The number of nitrogens with zero attached hydrogens (tertiary/aromatic N) is 5. The summed E-state index contributed by atoms with van der Waals surface area (Å²) in [6.07, 6.45) is 0. The van der Waals surface area contributed by atoms with E-state index in [9.17, 15) is 16.8 Å². The Labute approximate surface area is 293 Å². The average Bonchev–Trinajstić information content (AvgIpc) is 3.72. The Kier molecular flexibility index (Phi) is 9.86. The summed E-state index contributed by atoms with van der Waals surface area (Å²) in [4.78, 5) is 4.82. The van der Waals surface area contributed by atoms with Crippen LogP contribution in [-0.4, -0.2) is 68.0 Å². The number of nitrogens with one attached hydrogen (secondary N) is 1. The molecule has 14 nitrogen and oxygen atoms in total. The number of aromatic nitrogens is 5. The molecular formula is C33H34N8O6S3. The van der Waals surface area contributed by atoms with Gasteiger partial charge in [0.15, 0.2) is 15.0 Å². The first-order valence-electron chi connectivity index (χ1n) is 15.2. The van der Waals surface area contributed by atoms with Crippen molar-refractivity contribution in [2.24, 2.45) is 5.73 Å². The molecule has 0 aliphatic heterocycles. The van der Waals surface area contributed by atoms with Crippen LogP contribution in [0, 0.1) is 0 Å². The number of hydrogen-bond acceptors (Lipinski definition) is 13. The maximum absolute atomic E-state index is 14.5. The third-order valence-corrected chi connectivity index (χ3v) is 12.2. The number of hydrogen-bond donors (Lipinski definition) is 3. The molecule has 0 radical (unpaired) electrons. The number of ether oxygens (including phenoxy) is 2. The highest BCUT2D eigenvalue weighted by Crippen LogP contribution is 2.42. The van der Waals surface area contributed by atoms with E-state index in [2.05, 4.69) is 25.1 Å². The lowest BCUT2D eigenvalue weighted by atomic mass is 9.98. The van der Waals surface area contributed by atoms with Crippen LogP contribution in [-0.2, 0) is 33.0 Å². The topological polar surface area (TPSA) is 207 Å². The number of para-hydroxylation sites is 1. The maximum atomic E-state index is 14.5. The van der Waals surface area contributed by atoms with Crippen LogP contribution in [0.4, 0.5) is 5.13 Å². The third kappa shape index (κ3) is 7.31. The van der Waals surface area contributed by atoms with E-state index in [1.54, 1.807) is 55.6 Å². The number of sulfonamides is 1. The minimum Gasteiger partial charge on any atom is -0.497 e. The van der Waals surface area contributed by atoms with E-state index >= 15 is 0 Å². The summed E-state index contributed by atoms with van der Waals surface area (Å²) in [6, 6.07) is 21.4. The van der Waals surface area contributed by atoms with E-state index in [0.29, 0.717) is 38.8 Å². The van der Waals surface area contributed by atoms with Crippen molar-refractivity contribution < 1.29 is 26.3 Å². The number of nitrogen functional groups attached to an aromatic ring is 1. The standard InChI is InChI=1S/C33H34N8O6S3/c1-20(34)19-49(42,43)28-16-15-25(26-5-4-6-27-30(26)37-33(35)48-27)29(31(28)50(44,45)36-17-21-7-11-23(46-2)12-8-21)32-38-40-41(39-32)18-22-9-13-24(47-3)14-10-22/h4-16,20,36H,17-19,34H2,1-3H3,(H2,35,37)/t20-/m0/s1. The van der Waals surface area contributed by atoms with Gasteiger partial charge in [0.25, 0.3) is 0 Å². The Hall–Kier alpha value is -4.94. The van der Waals surface area contributed by atoms with E-state index in [0.717, 1.165) is 10.3 Å². The van der Waals surface area contributed by atoms with Crippen LogP contribution in [0.2, 0.25) is 0 Å². The summed E-state index contributed by atoms with van der Waals surface area (Å²) in [6.45, 7) is 1.56. The highest BCUT2D eigenvalue weighted by molar-refractivity contribution is 7.93. The van der Waals surface area contributed by atoms with E-state index < -0.39 is 41.4 Å². The van der Waals surface area contributed by atoms with Crippen molar-refractivity contribution in [3.8, 4) is 34.0 Å². The molecule has 50 heavy (non-hydrogen) atoms. The minimum absolute atomic E-state index is 0.0713. The molecule has 6 aromatic rings. The van der Waals surface area contributed by atoms with Crippen LogP contribution in [0.15, 0.2) is 88.7 Å². The first-order valence-corrected chi connectivity index (χ1v) is 19.2. The van der Waals surface area contributed by atoms with Crippen molar-refractivity contribution >= 4 is 46.5 Å². The zero-order valence-electron chi connectivity index (χ0n) is 27.3. The first kappa shape index (κ1) is 34.9. The number of benzene rings is 4. The van der Waals surface area contributed by atoms with Crippen molar-refractivity contribution in [3.05, 3.63) is 90.0 Å². The van der Waals surface area contributed by atoms with Gasteiger partial charge in [0.1, 0.15) is 16.4 Å². The molecule has 0 bridgehead atoms. The number of tetrazole rings is 1. The molecule has 4 aromatic carbocycles. The largest absolute Gasteiger partial charge is 0.497 e. The van der Waals surface area contributed by atoms with E-state index in [4.69, 9.17) is 20.9 Å². The highest BCUT2D eigenvalue weighted by atomic mass is 32.2. The van der Waals surface area contributed by atoms with Crippen molar-refractivity contribution in [1.82, 2.24) is 29.9 Å². The Morgan fingerprint density at radius 2 is 1.54 bits per heavy atom. The number of anilines is 1. The van der Waals surface area contributed by atoms with Crippen LogP contribution in [0.1, 0.15) is 18.1 Å². The Morgan fingerprint density at radius 1 is 0.880 bits per heavy atom. The van der Waals surface area contributed by atoms with Crippen molar-refractivity contribution in [2.45, 2.75) is 35.8 Å². The molecule has 260 valence electrons. The quantitative estimate of drug-likeness (QED) is 0.155. The predicted octanol–water partition coefficient (Wildman–Crippen LogP) is 3.86. The van der Waals surface area contributed by atoms with Gasteiger partial charge >= 0.3 is 0 Å². The smallest absolute Gasteiger partial charge is 0.242 e. The van der Waals surface area contributed by atoms with Gasteiger partial charge in [-0.3, -0.25) is 0 Å². The fraction of sp³-hybridized carbons (Fsp3) is 0.212. The van der Waals surface area contributed by atoms with Crippen LogP contribution in [0.25, 0.3) is 32.7 Å². The number of methoxy groups -OCH3 is 2. The van der Waals surface area contributed by atoms with Crippen molar-refractivity contribution in [3.63, 3.8) is 0 Å². The zero-order valence-corrected chi connectivity index (χ0v) is 29.7. The summed E-state index contributed by atoms with van der Waals surface area (Å²) in [5.74, 6) is 0.639. The van der Waals surface area contributed by atoms with Gasteiger partial charge in [-0.2, -0.15) is 4.80 Å². The lowest BCUT2D eigenvalue weighted by Crippen LogP contribution is -2.30. The van der Waals surface area contributed by atoms with Gasteiger partial charge in [0.2, 0.25) is 15.8 Å². The maximum Gasteiger partial charge on any atom is 0.242 e. The van der Waals surface area contributed by atoms with E-state index in [1.807, 2.05) is 18.2 Å². The molecule has 1 atom stereocenters. The average molecular weight is 735 g/mol. The van der Waals surface area contributed by atoms with Gasteiger partial charge in [0.05, 0.1) is 47.2 Å². The molecule has 0 unspecified atom stereocenters. The second-order valence-corrected chi connectivity index (χ2v) is 16.2. The number of rotatable bonds is 13.